The van der Waals surface area contributed by atoms with E-state index in [9.17, 15) is 0 Å². The van der Waals surface area contributed by atoms with Crippen molar-refractivity contribution in [1.82, 2.24) is 0 Å². The van der Waals surface area contributed by atoms with Crippen molar-refractivity contribution in [2.24, 2.45) is 0 Å². The second kappa shape index (κ2) is 6.20. The van der Waals surface area contributed by atoms with Crippen LogP contribution in [0.3, 0.4) is 0 Å². The average Bonchev–Trinajstić information content (AvgIpc) is 1.69. The van der Waals surface area contributed by atoms with Crippen molar-refractivity contribution in [3.8, 4) is 0 Å². The van der Waals surface area contributed by atoms with E-state index in [2.05, 4.69) is 6.07 Å². The molecule has 2 N–H and O–H groups in total. The number of nitrogens with two attached hydrogens (primary N) is 1. The zero-order valence-corrected chi connectivity index (χ0v) is 9.55. The Balaban J connectivity index is 0. The zero-order valence-electron chi connectivity index (χ0n) is 5.39. The van der Waals surface area contributed by atoms with Crippen LogP contribution in [-0.2, 0) is 0 Å². The largest absolute Gasteiger partial charge is 2.00 e. The van der Waals surface area contributed by atoms with Crippen molar-refractivity contribution in [3.63, 3.8) is 0 Å². The van der Waals surface area contributed by atoms with Crippen LogP contribution in [0.4, 0.5) is 5.69 Å². The Labute approximate surface area is 80.0 Å². The van der Waals surface area contributed by atoms with Gasteiger partial charge < -0.3 is 13.2 Å². The molecule has 0 saturated carbocycles. The van der Waals surface area contributed by atoms with E-state index in [0.717, 1.165) is 5.69 Å². The number of benzene rings is 1. The third-order valence-corrected chi connectivity index (χ3v) is 0.731. The summed E-state index contributed by atoms with van der Waals surface area (Å²) in [5.41, 5.74) is 6.09. The van der Waals surface area contributed by atoms with Crippen LogP contribution in [0.15, 0.2) is 24.3 Å². The fourth-order valence-corrected chi connectivity index (χ4v) is 0.407. The first-order chi connectivity index (χ1) is 3.39. The normalized spacial score (nSPS) is 6.67. The second-order valence-electron chi connectivity index (χ2n) is 1.34. The first-order valence-corrected chi connectivity index (χ1v) is 2.11. The van der Waals surface area contributed by atoms with Crippen LogP contribution in [0.2, 0.25) is 0 Å². The van der Waals surface area contributed by atoms with Gasteiger partial charge in [0.15, 0.2) is 0 Å². The quantitative estimate of drug-likeness (QED) is 0.560. The van der Waals surface area contributed by atoms with E-state index in [0.29, 0.717) is 0 Å². The number of hydrogen-bond donors (Lipinski definition) is 1. The van der Waals surface area contributed by atoms with Gasteiger partial charge in [-0.3, -0.25) is 0 Å². The van der Waals surface area contributed by atoms with Gasteiger partial charge in [-0.05, 0) is 0 Å². The Hall–Kier alpha value is 0.0719. The number of nitrogen functional groups attached to an aromatic ring is 1. The monoisotopic (exact) mass is 345 g/mol. The first kappa shape index (κ1) is 11.8. The Morgan fingerprint density at radius 3 is 2.33 bits per heavy atom. The van der Waals surface area contributed by atoms with Crippen molar-refractivity contribution in [2.45, 2.75) is 0 Å². The molecule has 46 valence electrons. The molecule has 0 saturated heterocycles. The summed E-state index contributed by atoms with van der Waals surface area (Å²) in [6.07, 6.45) is 0. The Morgan fingerprint density at radius 2 is 2.11 bits per heavy atom. The van der Waals surface area contributed by atoms with Crippen molar-refractivity contribution >= 4 is 5.69 Å². The van der Waals surface area contributed by atoms with Gasteiger partial charge in [0, 0.05) is 0 Å². The summed E-state index contributed by atoms with van der Waals surface area (Å²) < 4.78 is 0. The van der Waals surface area contributed by atoms with Crippen LogP contribution in [0.5, 0.6) is 0 Å². The van der Waals surface area contributed by atoms with Gasteiger partial charge in [0.25, 0.3) is 0 Å². The topological polar surface area (TPSA) is 26.0 Å². The molecule has 0 radical (unpaired) electrons. The van der Waals surface area contributed by atoms with Gasteiger partial charge in [-0.15, -0.1) is 0 Å². The molecule has 1 aromatic rings. The maximum absolute atomic E-state index is 5.33. The summed E-state index contributed by atoms with van der Waals surface area (Å²) in [5, 5.41) is 0. The molecule has 0 bridgehead atoms. The molecule has 0 spiro atoms. The van der Waals surface area contributed by atoms with Crippen molar-refractivity contribution in [3.05, 3.63) is 37.8 Å². The Morgan fingerprint density at radius 1 is 1.44 bits per heavy atom. The molecule has 0 aromatic heterocycles. The Kier molecular flexibility index (Phi) is 8.14. The number of hydrogen-bond acceptors (Lipinski definition) is 1. The standard InChI is InChI=1S/C6H6N.CH3.U/c7-6-4-2-1-3-5-6;;/h1-2,4-5H,7H2;1H3;/q2*-1;+2. The first-order valence-electron chi connectivity index (χ1n) is 2.11. The van der Waals surface area contributed by atoms with Crippen LogP contribution < -0.4 is 5.73 Å². The molecule has 0 amide bonds. The molecule has 0 unspecified atom stereocenters. The average molecular weight is 345 g/mol. The third-order valence-electron chi connectivity index (χ3n) is 0.731. The fourth-order valence-electron chi connectivity index (χ4n) is 0.407. The van der Waals surface area contributed by atoms with Gasteiger partial charge in [0.05, 0.1) is 0 Å². The predicted octanol–water partition coefficient (Wildman–Crippen LogP) is 1.52. The maximum atomic E-state index is 5.33. The van der Waals surface area contributed by atoms with Gasteiger partial charge >= 0.3 is 31.1 Å². The van der Waals surface area contributed by atoms with Gasteiger partial charge in [-0.25, -0.2) is 0 Å². The van der Waals surface area contributed by atoms with Crippen LogP contribution in [0.1, 0.15) is 0 Å². The second-order valence-corrected chi connectivity index (χ2v) is 1.34. The maximum Gasteiger partial charge on any atom is 2.00 e. The molecule has 0 fully saturated rings. The molecule has 0 aliphatic carbocycles. The molecule has 1 rings (SSSR count). The molecule has 0 atom stereocenters. The minimum absolute atomic E-state index is 0. The minimum atomic E-state index is 0. The van der Waals surface area contributed by atoms with E-state index >= 15 is 0 Å². The smallest absolute Gasteiger partial charge is 0.449 e. The molecule has 0 aliphatic rings. The van der Waals surface area contributed by atoms with Crippen molar-refractivity contribution in [1.29, 1.82) is 0 Å². The third kappa shape index (κ3) is 4.57. The molecular weight excluding hydrogens is 336 g/mol. The summed E-state index contributed by atoms with van der Waals surface area (Å²) in [4.78, 5) is 0. The van der Waals surface area contributed by atoms with Gasteiger partial charge in [-0.2, -0.15) is 30.3 Å². The van der Waals surface area contributed by atoms with E-state index in [1.54, 1.807) is 6.07 Å². The van der Waals surface area contributed by atoms with Crippen LogP contribution in [0.25, 0.3) is 0 Å². The molecule has 1 aromatic carbocycles. The Bertz CT molecular complexity index is 139. The van der Waals surface area contributed by atoms with E-state index in [1.807, 2.05) is 18.2 Å². The predicted molar refractivity (Wildman–Crippen MR) is 36.1 cm³/mol. The summed E-state index contributed by atoms with van der Waals surface area (Å²) in [5.74, 6) is 0. The summed E-state index contributed by atoms with van der Waals surface area (Å²) in [6, 6.07) is 10.1. The molecule has 2 heteroatoms. The number of rotatable bonds is 0. The van der Waals surface area contributed by atoms with E-state index in [4.69, 9.17) is 5.73 Å². The fraction of sp³-hybridized carbons (Fsp3) is 0. The molecular formula is C7H9NU. The van der Waals surface area contributed by atoms with Crippen LogP contribution in [-0.4, -0.2) is 0 Å². The van der Waals surface area contributed by atoms with E-state index < -0.39 is 0 Å². The van der Waals surface area contributed by atoms with Crippen LogP contribution in [0, 0.1) is 44.6 Å². The van der Waals surface area contributed by atoms with E-state index in [-0.39, 0.29) is 38.5 Å². The van der Waals surface area contributed by atoms with Crippen molar-refractivity contribution in [2.75, 3.05) is 5.73 Å². The van der Waals surface area contributed by atoms with Gasteiger partial charge in [0.2, 0.25) is 0 Å². The van der Waals surface area contributed by atoms with Gasteiger partial charge in [0.1, 0.15) is 0 Å². The summed E-state index contributed by atoms with van der Waals surface area (Å²) >= 11 is 0. The summed E-state index contributed by atoms with van der Waals surface area (Å²) in [6.45, 7) is 0. The van der Waals surface area contributed by atoms with E-state index in [1.165, 1.54) is 0 Å². The zero-order chi connectivity index (χ0) is 5.11. The molecule has 1 nitrogen and oxygen atoms in total. The summed E-state index contributed by atoms with van der Waals surface area (Å²) in [7, 11) is 0. The SMILES string of the molecule is Nc1c[c-]ccc1.[CH3-].[U+2]. The van der Waals surface area contributed by atoms with Crippen LogP contribution >= 0.6 is 0 Å². The number of anilines is 1. The molecule has 9 heavy (non-hydrogen) atoms. The van der Waals surface area contributed by atoms with Crippen molar-refractivity contribution < 1.29 is 31.1 Å². The minimum Gasteiger partial charge on any atom is -0.449 e. The molecule has 0 aliphatic heterocycles. The molecule has 0 heterocycles. The van der Waals surface area contributed by atoms with Gasteiger partial charge in [-0.1, -0.05) is 5.69 Å².